The van der Waals surface area contributed by atoms with Gasteiger partial charge < -0.3 is 18.9 Å². The summed E-state index contributed by atoms with van der Waals surface area (Å²) in [5.41, 5.74) is 3.98. The fraction of sp³-hybridized carbons (Fsp3) is 0.348. The third-order valence-corrected chi connectivity index (χ3v) is 6.22. The first-order chi connectivity index (χ1) is 14.6. The minimum absolute atomic E-state index is 0.130. The van der Waals surface area contributed by atoms with Gasteiger partial charge in [0.05, 0.1) is 17.7 Å². The van der Waals surface area contributed by atoms with Gasteiger partial charge in [-0.15, -0.1) is 0 Å². The van der Waals surface area contributed by atoms with Crippen molar-refractivity contribution >= 4 is 23.5 Å². The third kappa shape index (κ3) is 2.90. The highest BCUT2D eigenvalue weighted by Gasteiger charge is 2.38. The fourth-order valence-electron chi connectivity index (χ4n) is 4.38. The molecule has 0 radical (unpaired) electrons. The van der Waals surface area contributed by atoms with Crippen molar-refractivity contribution in [3.8, 4) is 17.2 Å². The standard InChI is InChI=1S/C23H20ClNO5/c1-12-4-18-17(8-25(10-28-18)16-2-3-16)23-20(12)21(26)19(30-23)7-13-5-15(24)6-14-9-27-11-29-22(13)14/h4-7,16H,2-3,8-11H2,1H3/b19-7-. The quantitative estimate of drug-likeness (QED) is 0.663. The lowest BCUT2D eigenvalue weighted by Gasteiger charge is -2.30. The predicted octanol–water partition coefficient (Wildman–Crippen LogP) is 4.45. The first kappa shape index (κ1) is 18.2. The van der Waals surface area contributed by atoms with E-state index in [-0.39, 0.29) is 18.3 Å². The van der Waals surface area contributed by atoms with Crippen molar-refractivity contribution < 1.29 is 23.7 Å². The molecule has 7 heteroatoms. The highest BCUT2D eigenvalue weighted by atomic mass is 35.5. The van der Waals surface area contributed by atoms with Crippen LogP contribution in [0.15, 0.2) is 24.0 Å². The van der Waals surface area contributed by atoms with Crippen molar-refractivity contribution in [3.05, 3.63) is 56.8 Å². The summed E-state index contributed by atoms with van der Waals surface area (Å²) < 4.78 is 23.2. The molecule has 0 aromatic heterocycles. The smallest absolute Gasteiger partial charge is 0.232 e. The largest absolute Gasteiger partial charge is 0.478 e. The van der Waals surface area contributed by atoms with Gasteiger partial charge >= 0.3 is 0 Å². The van der Waals surface area contributed by atoms with E-state index in [2.05, 4.69) is 4.90 Å². The first-order valence-corrected chi connectivity index (χ1v) is 10.5. The minimum Gasteiger partial charge on any atom is -0.478 e. The molecule has 4 aliphatic rings. The number of hydrogen-bond acceptors (Lipinski definition) is 6. The van der Waals surface area contributed by atoms with E-state index >= 15 is 0 Å². The summed E-state index contributed by atoms with van der Waals surface area (Å²) in [5, 5.41) is 0.555. The van der Waals surface area contributed by atoms with Crippen LogP contribution in [0.3, 0.4) is 0 Å². The fourth-order valence-corrected chi connectivity index (χ4v) is 4.63. The highest BCUT2D eigenvalue weighted by molar-refractivity contribution is 6.31. The van der Waals surface area contributed by atoms with Gasteiger partial charge in [-0.2, -0.15) is 0 Å². The molecular weight excluding hydrogens is 406 g/mol. The lowest BCUT2D eigenvalue weighted by atomic mass is 9.98. The second kappa shape index (κ2) is 6.74. The van der Waals surface area contributed by atoms with Gasteiger partial charge in [-0.05, 0) is 49.6 Å². The summed E-state index contributed by atoms with van der Waals surface area (Å²) in [6.45, 7) is 3.82. The van der Waals surface area contributed by atoms with Gasteiger partial charge in [0, 0.05) is 28.7 Å². The van der Waals surface area contributed by atoms with E-state index in [1.165, 1.54) is 12.8 Å². The van der Waals surface area contributed by atoms with E-state index in [0.717, 1.165) is 29.0 Å². The van der Waals surface area contributed by atoms with Gasteiger partial charge in [-0.1, -0.05) is 11.6 Å². The van der Waals surface area contributed by atoms with Crippen LogP contribution in [0.5, 0.6) is 17.2 Å². The number of rotatable bonds is 2. The summed E-state index contributed by atoms with van der Waals surface area (Å²) in [7, 11) is 0. The van der Waals surface area contributed by atoms with E-state index < -0.39 is 0 Å². The van der Waals surface area contributed by atoms with Crippen molar-refractivity contribution in [1.29, 1.82) is 0 Å². The number of ketones is 1. The summed E-state index contributed by atoms with van der Waals surface area (Å²) in [5.74, 6) is 2.23. The van der Waals surface area contributed by atoms with Crippen LogP contribution < -0.4 is 14.2 Å². The molecule has 0 N–H and O–H groups in total. The summed E-state index contributed by atoms with van der Waals surface area (Å²) in [6, 6.07) is 6.11. The molecule has 1 fully saturated rings. The number of carbonyl (C=O) groups excluding carboxylic acids is 1. The van der Waals surface area contributed by atoms with Gasteiger partial charge in [0.25, 0.3) is 0 Å². The number of carbonyl (C=O) groups is 1. The van der Waals surface area contributed by atoms with E-state index in [0.29, 0.717) is 47.0 Å². The van der Waals surface area contributed by atoms with Crippen LogP contribution >= 0.6 is 11.6 Å². The molecule has 1 saturated carbocycles. The normalized spacial score (nSPS) is 21.4. The second-order valence-corrected chi connectivity index (χ2v) is 8.60. The second-order valence-electron chi connectivity index (χ2n) is 8.16. The Kier molecular flexibility index (Phi) is 4.10. The van der Waals surface area contributed by atoms with Crippen LogP contribution in [0, 0.1) is 6.92 Å². The molecule has 154 valence electrons. The number of ether oxygens (including phenoxy) is 4. The summed E-state index contributed by atoms with van der Waals surface area (Å²) in [4.78, 5) is 15.5. The number of aryl methyl sites for hydroxylation is 1. The Balaban J connectivity index is 1.42. The maximum Gasteiger partial charge on any atom is 0.232 e. The van der Waals surface area contributed by atoms with Crippen molar-refractivity contribution in [1.82, 2.24) is 4.90 Å². The lowest BCUT2D eigenvalue weighted by molar-refractivity contribution is -0.0165. The molecule has 0 amide bonds. The number of halogens is 1. The van der Waals surface area contributed by atoms with E-state index in [9.17, 15) is 4.79 Å². The molecule has 0 bridgehead atoms. The molecule has 6 nitrogen and oxygen atoms in total. The van der Waals surface area contributed by atoms with Crippen LogP contribution in [0.4, 0.5) is 0 Å². The number of fused-ring (bicyclic) bond motifs is 4. The monoisotopic (exact) mass is 425 g/mol. The predicted molar refractivity (Wildman–Crippen MR) is 110 cm³/mol. The number of allylic oxidation sites excluding steroid dienone is 1. The molecule has 0 spiro atoms. The molecule has 30 heavy (non-hydrogen) atoms. The van der Waals surface area contributed by atoms with Crippen molar-refractivity contribution in [3.63, 3.8) is 0 Å². The van der Waals surface area contributed by atoms with Gasteiger partial charge in [-0.25, -0.2) is 0 Å². The van der Waals surface area contributed by atoms with Crippen LogP contribution in [0.2, 0.25) is 5.02 Å². The molecule has 3 aliphatic heterocycles. The van der Waals surface area contributed by atoms with Crippen molar-refractivity contribution in [2.24, 2.45) is 0 Å². The maximum atomic E-state index is 13.2. The summed E-state index contributed by atoms with van der Waals surface area (Å²) in [6.07, 6.45) is 4.11. The number of hydrogen-bond donors (Lipinski definition) is 0. The van der Waals surface area contributed by atoms with Crippen molar-refractivity contribution in [2.75, 3.05) is 13.5 Å². The van der Waals surface area contributed by atoms with Gasteiger partial charge in [0.1, 0.15) is 24.0 Å². The number of Topliss-reactive ketones (excluding diaryl/α,β-unsaturated/α-hetero) is 1. The Morgan fingerprint density at radius 2 is 2.03 bits per heavy atom. The molecule has 3 heterocycles. The zero-order chi connectivity index (χ0) is 20.4. The Labute approximate surface area is 178 Å². The maximum absolute atomic E-state index is 13.2. The van der Waals surface area contributed by atoms with E-state index in [1.807, 2.05) is 19.1 Å². The van der Waals surface area contributed by atoms with Gasteiger partial charge in [-0.3, -0.25) is 9.69 Å². The van der Waals surface area contributed by atoms with E-state index in [1.54, 1.807) is 12.1 Å². The number of nitrogens with zero attached hydrogens (tertiary/aromatic N) is 1. The Hall–Kier alpha value is -2.54. The SMILES string of the molecule is Cc1cc2c(c3c1C(=O)/C(=C/c1cc(Cl)cc4c1OCOC4)O3)CN(C1CC1)CO2. The molecule has 0 saturated heterocycles. The number of benzene rings is 2. The van der Waals surface area contributed by atoms with Gasteiger partial charge in [0.2, 0.25) is 5.78 Å². The molecule has 6 rings (SSSR count). The average Bonchev–Trinajstić information content (AvgIpc) is 3.53. The highest BCUT2D eigenvalue weighted by Crippen LogP contribution is 2.46. The third-order valence-electron chi connectivity index (χ3n) is 6.00. The Morgan fingerprint density at radius 3 is 2.87 bits per heavy atom. The Morgan fingerprint density at radius 1 is 1.17 bits per heavy atom. The van der Waals surface area contributed by atoms with E-state index in [4.69, 9.17) is 30.5 Å². The first-order valence-electron chi connectivity index (χ1n) is 10.1. The van der Waals surface area contributed by atoms with Crippen molar-refractivity contribution in [2.45, 2.75) is 39.0 Å². The van der Waals surface area contributed by atoms with Crippen LogP contribution in [0.1, 0.15) is 45.5 Å². The molecule has 2 aromatic rings. The molecule has 0 atom stereocenters. The minimum atomic E-state index is -0.130. The molecular formula is C23H20ClNO5. The molecule has 1 aliphatic carbocycles. The van der Waals surface area contributed by atoms with Gasteiger partial charge in [0.15, 0.2) is 12.6 Å². The summed E-state index contributed by atoms with van der Waals surface area (Å²) >= 11 is 6.28. The zero-order valence-corrected chi connectivity index (χ0v) is 17.3. The lowest BCUT2D eigenvalue weighted by Crippen LogP contribution is -2.34. The molecule has 2 aromatic carbocycles. The molecule has 0 unspecified atom stereocenters. The van der Waals surface area contributed by atoms with Crippen LogP contribution in [0.25, 0.3) is 6.08 Å². The zero-order valence-electron chi connectivity index (χ0n) is 16.5. The van der Waals surface area contributed by atoms with Crippen LogP contribution in [-0.4, -0.2) is 30.2 Å². The topological polar surface area (TPSA) is 57.2 Å². The van der Waals surface area contributed by atoms with Crippen LogP contribution in [-0.2, 0) is 17.9 Å². The Bertz CT molecular complexity index is 1120. The average molecular weight is 426 g/mol.